The summed E-state index contributed by atoms with van der Waals surface area (Å²) >= 11 is 0. The molecule has 0 aliphatic carbocycles. The van der Waals surface area contributed by atoms with Crippen LogP contribution in [0.15, 0.2) is 72.9 Å². The van der Waals surface area contributed by atoms with Crippen molar-refractivity contribution in [1.29, 1.82) is 0 Å². The molecule has 13 nitrogen and oxygen atoms in total. The van der Waals surface area contributed by atoms with Crippen LogP contribution < -0.4 is 0 Å². The molecule has 3 atom stereocenters. The first-order chi connectivity index (χ1) is 28.4. The molecule has 0 aromatic heterocycles. The normalized spacial score (nSPS) is 14.7. The second-order valence-electron chi connectivity index (χ2n) is 14.3. The highest BCUT2D eigenvalue weighted by atomic mass is 31.2. The molecule has 0 aliphatic rings. The number of aliphatic hydroxyl groups is 1. The molecule has 340 valence electrons. The van der Waals surface area contributed by atoms with Crippen LogP contribution in [0.4, 0.5) is 0 Å². The number of phosphoric acid groups is 2. The van der Waals surface area contributed by atoms with Crippen LogP contribution in [0.2, 0.25) is 0 Å². The molecule has 0 aliphatic heterocycles. The summed E-state index contributed by atoms with van der Waals surface area (Å²) in [6.07, 6.45) is 43.4. The highest BCUT2D eigenvalue weighted by Gasteiger charge is 2.28. The quantitative estimate of drug-likeness (QED) is 0.0197. The number of allylic oxidation sites excluding steroid dienone is 12. The van der Waals surface area contributed by atoms with Crippen LogP contribution in [0.1, 0.15) is 155 Å². The minimum Gasteiger partial charge on any atom is -0.462 e. The average Bonchev–Trinajstić information content (AvgIpc) is 3.19. The lowest BCUT2D eigenvalue weighted by atomic mass is 10.1. The largest absolute Gasteiger partial charge is 0.472 e. The summed E-state index contributed by atoms with van der Waals surface area (Å²) in [6, 6.07) is 0. The molecule has 4 N–H and O–H groups in total. The standard InChI is InChI=1S/C44H76O13P2/c1-3-5-7-9-11-13-15-17-19-20-22-24-26-28-30-32-34-36-44(47)57-42(40-56-59(51,52)55-38-41(45)37-54-58(48,49)50)39-53-43(46)35-33-31-29-27-25-23-21-18-16-14-12-10-8-6-4-2/h12,14,17-19,21-22,24-25,27-28,30,41-42,45H,3-11,13,15-16,20,23,26,29,31-40H2,1-2H3,(H,51,52)(H2,48,49,50). The topological polar surface area (TPSA) is 195 Å². The van der Waals surface area contributed by atoms with Crippen LogP contribution in [0, 0.1) is 0 Å². The Morgan fingerprint density at radius 2 is 0.898 bits per heavy atom. The Kier molecular flexibility index (Phi) is 38.0. The summed E-state index contributed by atoms with van der Waals surface area (Å²) in [4.78, 5) is 52.6. The fourth-order valence-corrected chi connectivity index (χ4v) is 6.41. The van der Waals surface area contributed by atoms with Gasteiger partial charge in [-0.05, 0) is 83.5 Å². The number of phosphoric ester groups is 2. The van der Waals surface area contributed by atoms with Crippen molar-refractivity contribution in [2.45, 2.75) is 167 Å². The molecule has 0 heterocycles. The van der Waals surface area contributed by atoms with Crippen LogP contribution >= 0.6 is 15.6 Å². The van der Waals surface area contributed by atoms with Crippen LogP contribution in [0.3, 0.4) is 0 Å². The molecule has 0 saturated heterocycles. The van der Waals surface area contributed by atoms with E-state index in [1.54, 1.807) is 0 Å². The summed E-state index contributed by atoms with van der Waals surface area (Å²) in [7, 11) is -9.70. The fourth-order valence-electron chi connectivity index (χ4n) is 5.25. The zero-order valence-corrected chi connectivity index (χ0v) is 37.6. The molecule has 0 amide bonds. The van der Waals surface area contributed by atoms with Gasteiger partial charge in [0.2, 0.25) is 0 Å². The van der Waals surface area contributed by atoms with Gasteiger partial charge in [-0.2, -0.15) is 0 Å². The molecule has 0 radical (unpaired) electrons. The number of ether oxygens (including phenoxy) is 2. The minimum absolute atomic E-state index is 0.0482. The molecular weight excluding hydrogens is 798 g/mol. The number of hydrogen-bond acceptors (Lipinski definition) is 10. The van der Waals surface area contributed by atoms with E-state index in [1.807, 2.05) is 12.2 Å². The third-order valence-electron chi connectivity index (χ3n) is 8.56. The summed E-state index contributed by atoms with van der Waals surface area (Å²) in [5.74, 6) is -1.14. The Morgan fingerprint density at radius 1 is 0.492 bits per heavy atom. The van der Waals surface area contributed by atoms with Crippen LogP contribution in [-0.2, 0) is 41.8 Å². The van der Waals surface area contributed by atoms with Gasteiger partial charge in [0.25, 0.3) is 0 Å². The van der Waals surface area contributed by atoms with Gasteiger partial charge in [0.05, 0.1) is 19.8 Å². The van der Waals surface area contributed by atoms with E-state index in [0.29, 0.717) is 19.3 Å². The second-order valence-corrected chi connectivity index (χ2v) is 16.9. The molecule has 3 unspecified atom stereocenters. The molecule has 0 bridgehead atoms. The molecule has 0 saturated carbocycles. The van der Waals surface area contributed by atoms with E-state index in [1.165, 1.54) is 57.8 Å². The van der Waals surface area contributed by atoms with Crippen molar-refractivity contribution in [3.8, 4) is 0 Å². The van der Waals surface area contributed by atoms with Crippen molar-refractivity contribution in [2.75, 3.05) is 26.4 Å². The zero-order valence-electron chi connectivity index (χ0n) is 35.8. The van der Waals surface area contributed by atoms with E-state index in [-0.39, 0.29) is 12.8 Å². The Balaban J connectivity index is 4.69. The van der Waals surface area contributed by atoms with E-state index >= 15 is 0 Å². The maximum atomic E-state index is 12.6. The molecule has 0 aromatic carbocycles. The highest BCUT2D eigenvalue weighted by molar-refractivity contribution is 7.47. The second kappa shape index (κ2) is 39.7. The number of carbonyl (C=O) groups excluding carboxylic acids is 2. The lowest BCUT2D eigenvalue weighted by Crippen LogP contribution is -2.29. The molecule has 0 aromatic rings. The lowest BCUT2D eigenvalue weighted by molar-refractivity contribution is -0.161. The maximum Gasteiger partial charge on any atom is 0.472 e. The van der Waals surface area contributed by atoms with Gasteiger partial charge in [0.1, 0.15) is 12.7 Å². The van der Waals surface area contributed by atoms with Crippen molar-refractivity contribution in [2.24, 2.45) is 0 Å². The Labute approximate surface area is 354 Å². The maximum absolute atomic E-state index is 12.6. The first-order valence-corrected chi connectivity index (χ1v) is 24.7. The van der Waals surface area contributed by atoms with E-state index in [4.69, 9.17) is 23.8 Å². The van der Waals surface area contributed by atoms with Crippen molar-refractivity contribution >= 4 is 27.6 Å². The van der Waals surface area contributed by atoms with E-state index in [2.05, 4.69) is 83.7 Å². The third kappa shape index (κ3) is 43.5. The number of aliphatic hydroxyl groups excluding tert-OH is 1. The number of unbranched alkanes of at least 4 members (excludes halogenated alkanes) is 12. The first kappa shape index (κ1) is 56.6. The smallest absolute Gasteiger partial charge is 0.462 e. The van der Waals surface area contributed by atoms with Gasteiger partial charge in [-0.25, -0.2) is 9.13 Å². The van der Waals surface area contributed by atoms with Crippen LogP contribution in [0.25, 0.3) is 0 Å². The number of hydrogen-bond donors (Lipinski definition) is 4. The highest BCUT2D eigenvalue weighted by Crippen LogP contribution is 2.43. The van der Waals surface area contributed by atoms with Gasteiger partial charge >= 0.3 is 27.6 Å². The average molecular weight is 875 g/mol. The Morgan fingerprint density at radius 3 is 1.44 bits per heavy atom. The van der Waals surface area contributed by atoms with Gasteiger partial charge in [0.15, 0.2) is 6.10 Å². The van der Waals surface area contributed by atoms with Crippen molar-refractivity contribution < 1.29 is 61.6 Å². The monoisotopic (exact) mass is 874 g/mol. The van der Waals surface area contributed by atoms with Crippen molar-refractivity contribution in [3.63, 3.8) is 0 Å². The van der Waals surface area contributed by atoms with Gasteiger partial charge in [-0.1, -0.05) is 132 Å². The van der Waals surface area contributed by atoms with Crippen LogP contribution in [0.5, 0.6) is 0 Å². The number of esters is 2. The van der Waals surface area contributed by atoms with E-state index in [9.17, 15) is 28.7 Å². The van der Waals surface area contributed by atoms with Gasteiger partial charge in [-0.3, -0.25) is 23.2 Å². The number of rotatable bonds is 40. The summed E-state index contributed by atoms with van der Waals surface area (Å²) in [5, 5.41) is 9.74. The van der Waals surface area contributed by atoms with Gasteiger partial charge in [0, 0.05) is 12.8 Å². The van der Waals surface area contributed by atoms with Crippen molar-refractivity contribution in [3.05, 3.63) is 72.9 Å². The first-order valence-electron chi connectivity index (χ1n) is 21.6. The SMILES string of the molecule is CCCCCC=CCC=CCC=CCCCCC(=O)OCC(COP(=O)(O)OCC(O)COP(=O)(O)O)OC(=O)CCCC=CCC=CCC=CCCCCCCCC. The Bertz CT molecular complexity index is 1320. The zero-order chi connectivity index (χ0) is 43.7. The van der Waals surface area contributed by atoms with Gasteiger partial charge in [-0.15, -0.1) is 0 Å². The fraction of sp³-hybridized carbons (Fsp3) is 0.682. The van der Waals surface area contributed by atoms with Gasteiger partial charge < -0.3 is 29.3 Å². The summed E-state index contributed by atoms with van der Waals surface area (Å²) < 4.78 is 47.6. The molecule has 0 rings (SSSR count). The van der Waals surface area contributed by atoms with E-state index < -0.39 is 66.2 Å². The lowest BCUT2D eigenvalue weighted by Gasteiger charge is -2.20. The molecule has 15 heteroatoms. The summed E-state index contributed by atoms with van der Waals surface area (Å²) in [6.45, 7) is 1.61. The molecule has 0 fully saturated rings. The van der Waals surface area contributed by atoms with Crippen LogP contribution in [-0.4, -0.2) is 70.4 Å². The molecular formula is C44H76O13P2. The predicted molar refractivity (Wildman–Crippen MR) is 234 cm³/mol. The molecule has 0 spiro atoms. The minimum atomic E-state index is -4.87. The third-order valence-corrected chi connectivity index (χ3v) is 9.99. The Hall–Kier alpha value is -2.44. The molecule has 59 heavy (non-hydrogen) atoms. The number of carbonyl (C=O) groups is 2. The van der Waals surface area contributed by atoms with E-state index in [0.717, 1.165) is 51.4 Å². The summed E-state index contributed by atoms with van der Waals surface area (Å²) in [5.41, 5.74) is 0. The van der Waals surface area contributed by atoms with Crippen molar-refractivity contribution in [1.82, 2.24) is 0 Å². The predicted octanol–water partition coefficient (Wildman–Crippen LogP) is 11.0.